The predicted molar refractivity (Wildman–Crippen MR) is 114 cm³/mol. The fourth-order valence-electron chi connectivity index (χ4n) is 5.55. The van der Waals surface area contributed by atoms with Crippen molar-refractivity contribution in [2.45, 2.75) is 50.2 Å². The predicted octanol–water partition coefficient (Wildman–Crippen LogP) is 3.71. The first-order valence-corrected chi connectivity index (χ1v) is 11.9. The number of rotatable bonds is 4. The highest BCUT2D eigenvalue weighted by Crippen LogP contribution is 2.50. The summed E-state index contributed by atoms with van der Waals surface area (Å²) in [5.41, 5.74) is 1.14. The Hall–Kier alpha value is -2.13. The van der Waals surface area contributed by atoms with Crippen LogP contribution in [0.25, 0.3) is 5.52 Å². The van der Waals surface area contributed by atoms with Gasteiger partial charge >= 0.3 is 6.18 Å². The monoisotopic (exact) mass is 480 g/mol. The van der Waals surface area contributed by atoms with Crippen LogP contribution in [-0.4, -0.2) is 69.5 Å². The highest BCUT2D eigenvalue weighted by Gasteiger charge is 2.54. The summed E-state index contributed by atoms with van der Waals surface area (Å²) < 4.78 is 40.8. The number of Topliss-reactive ketones (excluding diaryl/α,β-unsaturated/α-hetero) is 1. The molecule has 0 N–H and O–H groups in total. The lowest BCUT2D eigenvalue weighted by Crippen LogP contribution is -2.53. The molecule has 0 radical (unpaired) electrons. The van der Waals surface area contributed by atoms with Gasteiger partial charge in [0.05, 0.1) is 28.7 Å². The third-order valence-corrected chi connectivity index (χ3v) is 7.96. The van der Waals surface area contributed by atoms with Gasteiger partial charge in [-0.2, -0.15) is 18.3 Å². The number of aromatic nitrogens is 2. The summed E-state index contributed by atoms with van der Waals surface area (Å²) in [6.45, 7) is 2.06. The Balaban J connectivity index is 1.24. The molecule has 3 saturated carbocycles. The van der Waals surface area contributed by atoms with E-state index in [2.05, 4.69) is 10.00 Å². The molecule has 10 heteroatoms. The summed E-state index contributed by atoms with van der Waals surface area (Å²) in [5, 5.41) is 4.34. The lowest BCUT2D eigenvalue weighted by atomic mass is 10.1. The Labute approximate surface area is 193 Å². The molecule has 6 rings (SSSR count). The number of amides is 1. The minimum Gasteiger partial charge on any atom is -0.335 e. The minimum atomic E-state index is -4.40. The van der Waals surface area contributed by atoms with E-state index in [-0.39, 0.29) is 40.2 Å². The lowest BCUT2D eigenvalue weighted by molar-refractivity contribution is -0.128. The van der Waals surface area contributed by atoms with Gasteiger partial charge in [-0.3, -0.25) is 14.5 Å². The molecule has 1 aliphatic heterocycles. The maximum Gasteiger partial charge on any atom is 0.394 e. The number of halogens is 4. The number of alkyl halides is 3. The maximum absolute atomic E-state index is 13.2. The van der Waals surface area contributed by atoms with E-state index in [1.807, 2.05) is 0 Å². The molecular formula is C23H24ClF3N4O2. The van der Waals surface area contributed by atoms with Gasteiger partial charge in [-0.1, -0.05) is 11.6 Å². The fourth-order valence-corrected chi connectivity index (χ4v) is 5.80. The molecule has 3 unspecified atom stereocenters. The van der Waals surface area contributed by atoms with Gasteiger partial charge in [0.2, 0.25) is 0 Å². The molecule has 33 heavy (non-hydrogen) atoms. The molecule has 176 valence electrons. The van der Waals surface area contributed by atoms with E-state index in [0.29, 0.717) is 43.4 Å². The van der Waals surface area contributed by atoms with Crippen LogP contribution in [0.5, 0.6) is 0 Å². The second kappa shape index (κ2) is 7.43. The van der Waals surface area contributed by atoms with E-state index in [1.54, 1.807) is 11.0 Å². The summed E-state index contributed by atoms with van der Waals surface area (Å²) in [6, 6.07) is 3.27. The number of carbonyl (C=O) groups excluding carboxylic acids is 2. The van der Waals surface area contributed by atoms with Gasteiger partial charge in [0.1, 0.15) is 0 Å². The molecule has 6 nitrogen and oxygen atoms in total. The van der Waals surface area contributed by atoms with E-state index in [0.717, 1.165) is 31.2 Å². The molecule has 4 aliphatic rings. The molecule has 3 atom stereocenters. The molecule has 2 aromatic heterocycles. The zero-order valence-corrected chi connectivity index (χ0v) is 18.7. The fraction of sp³-hybridized carbons (Fsp3) is 0.609. The highest BCUT2D eigenvalue weighted by atomic mass is 35.5. The molecule has 3 aliphatic carbocycles. The van der Waals surface area contributed by atoms with Crippen molar-refractivity contribution in [1.82, 2.24) is 19.4 Å². The molecule has 2 aromatic rings. The van der Waals surface area contributed by atoms with Crippen LogP contribution in [0.2, 0.25) is 5.02 Å². The summed E-state index contributed by atoms with van der Waals surface area (Å²) >= 11 is 6.52. The number of pyridine rings is 1. The highest BCUT2D eigenvalue weighted by molar-refractivity contribution is 6.36. The number of carbonyl (C=O) groups is 2. The van der Waals surface area contributed by atoms with Crippen molar-refractivity contribution < 1.29 is 22.8 Å². The number of hydrogen-bond acceptors (Lipinski definition) is 4. The first kappa shape index (κ1) is 21.4. The van der Waals surface area contributed by atoms with Crippen LogP contribution in [0.4, 0.5) is 13.2 Å². The van der Waals surface area contributed by atoms with Crippen molar-refractivity contribution in [3.8, 4) is 0 Å². The quantitative estimate of drug-likeness (QED) is 0.669. The molecule has 3 heterocycles. The summed E-state index contributed by atoms with van der Waals surface area (Å²) in [6.07, 6.45) is -1.71. The number of nitrogens with zero attached hydrogens (tertiary/aromatic N) is 4. The van der Waals surface area contributed by atoms with Crippen LogP contribution >= 0.6 is 11.6 Å². The maximum atomic E-state index is 13.2. The molecule has 0 spiro atoms. The first-order valence-electron chi connectivity index (χ1n) is 11.5. The Kier molecular flexibility index (Phi) is 4.82. The molecule has 1 saturated heterocycles. The number of hydrogen-bond donors (Lipinski definition) is 0. The van der Waals surface area contributed by atoms with Crippen molar-refractivity contribution >= 4 is 28.8 Å². The van der Waals surface area contributed by atoms with Gasteiger partial charge in [0, 0.05) is 32.1 Å². The Morgan fingerprint density at radius 1 is 1.12 bits per heavy atom. The van der Waals surface area contributed by atoms with Gasteiger partial charge in [0.15, 0.2) is 11.5 Å². The molecule has 1 amide bonds. The van der Waals surface area contributed by atoms with E-state index >= 15 is 0 Å². The molecule has 0 aromatic carbocycles. The third kappa shape index (κ3) is 3.83. The second-order valence-corrected chi connectivity index (χ2v) is 10.3. The number of piperazine rings is 1. The average molecular weight is 481 g/mol. The van der Waals surface area contributed by atoms with E-state index in [9.17, 15) is 22.8 Å². The van der Waals surface area contributed by atoms with Crippen molar-refractivity contribution in [2.24, 2.45) is 11.8 Å². The minimum absolute atomic E-state index is 0.00835. The van der Waals surface area contributed by atoms with Gasteiger partial charge in [0.25, 0.3) is 5.91 Å². The van der Waals surface area contributed by atoms with Crippen LogP contribution in [0.3, 0.4) is 0 Å². The SMILES string of the molecule is O=C1C2CC2CC1N1CCN(C(=O)c2nn3c(CC(F)(F)F)cc(C4CC4)cc3c2Cl)CC1. The van der Waals surface area contributed by atoms with Crippen molar-refractivity contribution in [2.75, 3.05) is 26.2 Å². The zero-order chi connectivity index (χ0) is 23.1. The average Bonchev–Trinajstić information content (AvgIpc) is 3.69. The van der Waals surface area contributed by atoms with Crippen molar-refractivity contribution in [3.05, 3.63) is 34.1 Å². The lowest BCUT2D eigenvalue weighted by Gasteiger charge is -2.37. The van der Waals surface area contributed by atoms with E-state index in [1.165, 1.54) is 10.6 Å². The van der Waals surface area contributed by atoms with Gasteiger partial charge in [-0.15, -0.1) is 0 Å². The van der Waals surface area contributed by atoms with E-state index < -0.39 is 12.6 Å². The van der Waals surface area contributed by atoms with Crippen LogP contribution in [0.15, 0.2) is 12.1 Å². The van der Waals surface area contributed by atoms with Crippen LogP contribution in [-0.2, 0) is 11.2 Å². The Bertz CT molecular complexity index is 1150. The van der Waals surface area contributed by atoms with Crippen LogP contribution in [0.1, 0.15) is 53.3 Å². The van der Waals surface area contributed by atoms with Crippen LogP contribution in [0, 0.1) is 11.8 Å². The van der Waals surface area contributed by atoms with Gasteiger partial charge in [-0.05, 0) is 55.2 Å². The summed E-state index contributed by atoms with van der Waals surface area (Å²) in [4.78, 5) is 29.4. The topological polar surface area (TPSA) is 57.9 Å². The smallest absolute Gasteiger partial charge is 0.335 e. The third-order valence-electron chi connectivity index (χ3n) is 7.59. The zero-order valence-electron chi connectivity index (χ0n) is 17.9. The second-order valence-electron chi connectivity index (χ2n) is 9.89. The van der Waals surface area contributed by atoms with Gasteiger partial charge in [-0.25, -0.2) is 4.52 Å². The first-order chi connectivity index (χ1) is 15.7. The molecule has 0 bridgehead atoms. The standard InChI is InChI=1S/C23H24ClF3N4O2/c24-19-17-9-13(12-1-2-12)7-15(11-23(25,26)27)31(17)28-20(19)22(33)30-5-3-29(4-6-30)18-10-14-8-16(14)21(18)32/h7,9,12,14,16,18H,1-6,8,10-11H2. The number of ketones is 1. The summed E-state index contributed by atoms with van der Waals surface area (Å²) in [7, 11) is 0. The normalized spacial score (nSPS) is 27.9. The molecular weight excluding hydrogens is 457 g/mol. The number of fused-ring (bicyclic) bond motifs is 2. The largest absolute Gasteiger partial charge is 0.394 e. The molecule has 4 fully saturated rings. The van der Waals surface area contributed by atoms with Gasteiger partial charge < -0.3 is 4.90 Å². The van der Waals surface area contributed by atoms with Crippen molar-refractivity contribution in [1.29, 1.82) is 0 Å². The van der Waals surface area contributed by atoms with E-state index in [4.69, 9.17) is 11.6 Å². The van der Waals surface area contributed by atoms with Crippen LogP contribution < -0.4 is 0 Å². The Morgan fingerprint density at radius 3 is 2.45 bits per heavy atom. The summed E-state index contributed by atoms with van der Waals surface area (Å²) in [5.74, 6) is 0.995. The Morgan fingerprint density at radius 2 is 1.85 bits per heavy atom. The van der Waals surface area contributed by atoms with Crippen molar-refractivity contribution in [3.63, 3.8) is 0 Å².